The predicted octanol–water partition coefficient (Wildman–Crippen LogP) is 2.84. The van der Waals surface area contributed by atoms with Gasteiger partial charge in [0.2, 0.25) is 0 Å². The van der Waals surface area contributed by atoms with Gasteiger partial charge in [-0.25, -0.2) is 4.98 Å². The summed E-state index contributed by atoms with van der Waals surface area (Å²) in [5.74, 6) is 1.85. The SMILES string of the molecule is CCOCCOc1ccccc1C(=O)N1CCC[C@@H](c2ncc[nH]2)C1. The first-order chi connectivity index (χ1) is 12.3. The zero-order chi connectivity index (χ0) is 17.5. The van der Waals surface area contributed by atoms with E-state index in [4.69, 9.17) is 9.47 Å². The van der Waals surface area contributed by atoms with Crippen molar-refractivity contribution >= 4 is 5.91 Å². The lowest BCUT2D eigenvalue weighted by Gasteiger charge is -2.32. The molecule has 6 nitrogen and oxygen atoms in total. The maximum atomic E-state index is 13.0. The number of aromatic amines is 1. The van der Waals surface area contributed by atoms with Gasteiger partial charge in [-0.1, -0.05) is 12.1 Å². The first-order valence-corrected chi connectivity index (χ1v) is 8.87. The van der Waals surface area contributed by atoms with Crippen LogP contribution in [-0.2, 0) is 4.74 Å². The molecule has 1 aliphatic heterocycles. The van der Waals surface area contributed by atoms with Crippen LogP contribution in [0.1, 0.15) is 41.9 Å². The van der Waals surface area contributed by atoms with Crippen LogP contribution in [0.4, 0.5) is 0 Å². The Balaban J connectivity index is 1.67. The van der Waals surface area contributed by atoms with E-state index in [1.54, 1.807) is 6.20 Å². The topological polar surface area (TPSA) is 67.5 Å². The van der Waals surface area contributed by atoms with Gasteiger partial charge in [-0.3, -0.25) is 4.79 Å². The van der Waals surface area contributed by atoms with Crippen LogP contribution >= 0.6 is 0 Å². The molecular formula is C19H25N3O3. The van der Waals surface area contributed by atoms with Crippen molar-refractivity contribution in [3.8, 4) is 5.75 Å². The standard InChI is InChI=1S/C19H25N3O3/c1-2-24-12-13-25-17-8-4-3-7-16(17)19(23)22-11-5-6-15(14-22)18-20-9-10-21-18/h3-4,7-10,15H,2,5-6,11-14H2,1H3,(H,20,21)/t15-/m1/s1. The van der Waals surface area contributed by atoms with Crippen LogP contribution in [0.2, 0.25) is 0 Å². The summed E-state index contributed by atoms with van der Waals surface area (Å²) in [7, 11) is 0. The van der Waals surface area contributed by atoms with Crippen LogP contribution in [0, 0.1) is 0 Å². The number of likely N-dealkylation sites (tertiary alicyclic amines) is 1. The monoisotopic (exact) mass is 343 g/mol. The quantitative estimate of drug-likeness (QED) is 0.785. The van der Waals surface area contributed by atoms with Crippen molar-refractivity contribution < 1.29 is 14.3 Å². The van der Waals surface area contributed by atoms with Crippen LogP contribution < -0.4 is 4.74 Å². The lowest BCUT2D eigenvalue weighted by atomic mass is 9.96. The number of piperidine rings is 1. The molecule has 1 aromatic carbocycles. The van der Waals surface area contributed by atoms with Crippen LogP contribution in [0.5, 0.6) is 5.75 Å². The van der Waals surface area contributed by atoms with Gasteiger partial charge in [0.25, 0.3) is 5.91 Å². The molecule has 0 radical (unpaired) electrons. The second-order valence-electron chi connectivity index (χ2n) is 6.11. The Labute approximate surface area is 148 Å². The number of rotatable bonds is 7. The third kappa shape index (κ3) is 4.39. The Morgan fingerprint density at radius 3 is 3.04 bits per heavy atom. The highest BCUT2D eigenvalue weighted by molar-refractivity contribution is 5.97. The number of H-pyrrole nitrogens is 1. The van der Waals surface area contributed by atoms with Crippen molar-refractivity contribution in [1.29, 1.82) is 0 Å². The minimum atomic E-state index is 0.0169. The molecule has 0 bridgehead atoms. The van der Waals surface area contributed by atoms with Crippen LogP contribution in [-0.4, -0.2) is 53.7 Å². The number of ether oxygens (including phenoxy) is 2. The Morgan fingerprint density at radius 2 is 2.24 bits per heavy atom. The number of para-hydroxylation sites is 1. The summed E-state index contributed by atoms with van der Waals surface area (Å²) in [6, 6.07) is 7.42. The van der Waals surface area contributed by atoms with E-state index in [1.165, 1.54) is 0 Å². The summed E-state index contributed by atoms with van der Waals surface area (Å²) in [6.45, 7) is 5.01. The summed E-state index contributed by atoms with van der Waals surface area (Å²) in [5, 5.41) is 0. The zero-order valence-corrected chi connectivity index (χ0v) is 14.6. The molecule has 0 unspecified atom stereocenters. The number of amides is 1. The fourth-order valence-corrected chi connectivity index (χ4v) is 3.18. The largest absolute Gasteiger partial charge is 0.490 e. The van der Waals surface area contributed by atoms with Crippen molar-refractivity contribution in [2.75, 3.05) is 32.9 Å². The number of nitrogens with zero attached hydrogens (tertiary/aromatic N) is 2. The first kappa shape index (κ1) is 17.5. The van der Waals surface area contributed by atoms with E-state index < -0.39 is 0 Å². The van der Waals surface area contributed by atoms with Gasteiger partial charge in [0.15, 0.2) is 0 Å². The van der Waals surface area contributed by atoms with Gasteiger partial charge in [-0.05, 0) is 31.9 Å². The summed E-state index contributed by atoms with van der Waals surface area (Å²) in [4.78, 5) is 22.4. The normalized spacial score (nSPS) is 17.5. The zero-order valence-electron chi connectivity index (χ0n) is 14.6. The van der Waals surface area contributed by atoms with E-state index in [-0.39, 0.29) is 11.8 Å². The molecule has 0 saturated carbocycles. The Bertz CT molecular complexity index is 672. The number of imidazole rings is 1. The minimum absolute atomic E-state index is 0.0169. The third-order valence-electron chi connectivity index (χ3n) is 4.42. The summed E-state index contributed by atoms with van der Waals surface area (Å²) < 4.78 is 11.1. The molecule has 0 aliphatic carbocycles. The second kappa shape index (κ2) is 8.67. The smallest absolute Gasteiger partial charge is 0.257 e. The number of carbonyl (C=O) groups is 1. The van der Waals surface area contributed by atoms with Gasteiger partial charge < -0.3 is 19.4 Å². The molecule has 1 saturated heterocycles. The van der Waals surface area contributed by atoms with E-state index in [0.29, 0.717) is 37.7 Å². The van der Waals surface area contributed by atoms with Crippen LogP contribution in [0.15, 0.2) is 36.7 Å². The molecule has 1 atom stereocenters. The summed E-state index contributed by atoms with van der Waals surface area (Å²) in [6.07, 6.45) is 5.61. The highest BCUT2D eigenvalue weighted by atomic mass is 16.5. The van der Waals surface area contributed by atoms with Crippen molar-refractivity contribution in [1.82, 2.24) is 14.9 Å². The van der Waals surface area contributed by atoms with E-state index in [2.05, 4.69) is 9.97 Å². The summed E-state index contributed by atoms with van der Waals surface area (Å²) in [5.41, 5.74) is 0.610. The number of aromatic nitrogens is 2. The lowest BCUT2D eigenvalue weighted by Crippen LogP contribution is -2.39. The van der Waals surface area contributed by atoms with Crippen molar-refractivity contribution in [3.63, 3.8) is 0 Å². The van der Waals surface area contributed by atoms with Gasteiger partial charge >= 0.3 is 0 Å². The molecule has 1 fully saturated rings. The Morgan fingerprint density at radius 1 is 1.36 bits per heavy atom. The molecule has 3 rings (SSSR count). The van der Waals surface area contributed by atoms with E-state index >= 15 is 0 Å². The lowest BCUT2D eigenvalue weighted by molar-refractivity contribution is 0.0695. The molecule has 6 heteroatoms. The molecule has 2 heterocycles. The van der Waals surface area contributed by atoms with Crippen LogP contribution in [0.25, 0.3) is 0 Å². The molecule has 2 aromatic rings. The molecule has 1 aromatic heterocycles. The molecular weight excluding hydrogens is 318 g/mol. The molecule has 1 aliphatic rings. The number of benzene rings is 1. The first-order valence-electron chi connectivity index (χ1n) is 8.87. The van der Waals surface area contributed by atoms with Crippen molar-refractivity contribution in [3.05, 3.63) is 48.0 Å². The minimum Gasteiger partial charge on any atom is -0.490 e. The van der Waals surface area contributed by atoms with Crippen molar-refractivity contribution in [2.24, 2.45) is 0 Å². The van der Waals surface area contributed by atoms with E-state index in [9.17, 15) is 4.79 Å². The Kier molecular flexibility index (Phi) is 6.06. The average molecular weight is 343 g/mol. The van der Waals surface area contributed by atoms with Gasteiger partial charge in [-0.2, -0.15) is 0 Å². The van der Waals surface area contributed by atoms with Crippen LogP contribution in [0.3, 0.4) is 0 Å². The maximum absolute atomic E-state index is 13.0. The maximum Gasteiger partial charge on any atom is 0.257 e. The molecule has 0 spiro atoms. The van der Waals surface area contributed by atoms with E-state index in [0.717, 1.165) is 25.2 Å². The molecule has 134 valence electrons. The fraction of sp³-hybridized carbons (Fsp3) is 0.474. The highest BCUT2D eigenvalue weighted by Crippen LogP contribution is 2.27. The predicted molar refractivity (Wildman–Crippen MR) is 94.9 cm³/mol. The molecule has 1 N–H and O–H groups in total. The van der Waals surface area contributed by atoms with Gasteiger partial charge in [-0.15, -0.1) is 0 Å². The average Bonchev–Trinajstić information content (AvgIpc) is 3.20. The fourth-order valence-electron chi connectivity index (χ4n) is 3.18. The number of nitrogens with one attached hydrogen (secondary N) is 1. The van der Waals surface area contributed by atoms with E-state index in [1.807, 2.05) is 42.3 Å². The number of carbonyl (C=O) groups excluding carboxylic acids is 1. The molecule has 25 heavy (non-hydrogen) atoms. The van der Waals surface area contributed by atoms with Crippen molar-refractivity contribution in [2.45, 2.75) is 25.7 Å². The highest BCUT2D eigenvalue weighted by Gasteiger charge is 2.28. The van der Waals surface area contributed by atoms with Gasteiger partial charge in [0.05, 0.1) is 12.2 Å². The molecule has 1 amide bonds. The third-order valence-corrected chi connectivity index (χ3v) is 4.42. The van der Waals surface area contributed by atoms with Gasteiger partial charge in [0.1, 0.15) is 18.2 Å². The summed E-state index contributed by atoms with van der Waals surface area (Å²) >= 11 is 0. The Hall–Kier alpha value is -2.34. The number of hydrogen-bond donors (Lipinski definition) is 1. The second-order valence-corrected chi connectivity index (χ2v) is 6.11. The number of hydrogen-bond acceptors (Lipinski definition) is 4. The van der Waals surface area contributed by atoms with Gasteiger partial charge in [0, 0.05) is 38.0 Å².